The third kappa shape index (κ3) is 21.7. The molecule has 0 fully saturated rings. The number of hydrogen-bond donors (Lipinski definition) is 0. The van der Waals surface area contributed by atoms with E-state index >= 15 is 0 Å². The van der Waals surface area contributed by atoms with Crippen LogP contribution < -0.4 is 0 Å². The van der Waals surface area contributed by atoms with Crippen LogP contribution in [0.25, 0.3) is 0 Å². The molecule has 0 radical (unpaired) electrons. The molecule has 0 aliphatic rings. The molecule has 0 aliphatic heterocycles. The smallest absolute Gasteiger partial charge is 0 e. The van der Waals surface area contributed by atoms with Gasteiger partial charge in [-0.3, -0.25) is 0 Å². The van der Waals surface area contributed by atoms with E-state index in [4.69, 9.17) is 4.79 Å². The zero-order valence-corrected chi connectivity index (χ0v) is 6.65. The Labute approximate surface area is 65.1 Å². The topological polar surface area (TPSA) is 17.1 Å². The molecule has 0 bridgehead atoms. The average Bonchev–Trinajstić information content (AvgIpc) is 1.37. The minimum Gasteiger partial charge on any atom is -0.419 e. The second kappa shape index (κ2) is 17.1. The molecule has 0 aliphatic carbocycles. The fraction of sp³-hybridized carbons (Fsp3) is 0. The Bertz CT molecular complexity index is 31.8. The summed E-state index contributed by atoms with van der Waals surface area (Å²) in [4.78, 5) is 8.93. The molecule has 0 aromatic heterocycles. The molecule has 0 atom stereocenters. The van der Waals surface area contributed by atoms with Crippen LogP contribution in [0, 0.1) is 0 Å². The zero-order valence-electron chi connectivity index (χ0n) is 2.83. The SMILES string of the molecule is C=C[C-]=O.[Pd].[Pt]. The summed E-state index contributed by atoms with van der Waals surface area (Å²) >= 11 is 0. The van der Waals surface area contributed by atoms with Crippen molar-refractivity contribution in [2.45, 2.75) is 0 Å². The Morgan fingerprint density at radius 1 is 1.67 bits per heavy atom. The number of carbonyl (C=O) groups excluding carboxylic acids is 1. The molecule has 0 unspecified atom stereocenters. The quantitative estimate of drug-likeness (QED) is 0.375. The second-order valence-electron chi connectivity index (χ2n) is 0.322. The molecule has 0 saturated heterocycles. The van der Waals surface area contributed by atoms with Crippen LogP contribution >= 0.6 is 0 Å². The van der Waals surface area contributed by atoms with E-state index < -0.39 is 0 Å². The Morgan fingerprint density at radius 2 is 1.83 bits per heavy atom. The molecule has 0 heterocycles. The van der Waals surface area contributed by atoms with Gasteiger partial charge in [-0.2, -0.15) is 0 Å². The fourth-order valence-electron chi connectivity index (χ4n) is 0. The third-order valence-electron chi connectivity index (χ3n) is 0.0833. The van der Waals surface area contributed by atoms with Gasteiger partial charge < -0.3 is 4.79 Å². The van der Waals surface area contributed by atoms with Crippen LogP contribution in [0.3, 0.4) is 0 Å². The van der Waals surface area contributed by atoms with Crippen molar-refractivity contribution < 1.29 is 46.3 Å². The maximum absolute atomic E-state index is 8.93. The Kier molecular flexibility index (Phi) is 45.3. The molecule has 0 saturated carbocycles. The van der Waals surface area contributed by atoms with Gasteiger partial charge in [0.05, 0.1) is 0 Å². The summed E-state index contributed by atoms with van der Waals surface area (Å²) in [5.74, 6) is 0. The molecular formula is C3H3OPdPt-. The number of hydrogen-bond acceptors (Lipinski definition) is 1. The van der Waals surface area contributed by atoms with E-state index in [-0.39, 0.29) is 41.5 Å². The van der Waals surface area contributed by atoms with Crippen molar-refractivity contribution in [2.24, 2.45) is 0 Å². The molecule has 42 valence electrons. The number of allylic oxidation sites excluding steroid dienone is 1. The van der Waals surface area contributed by atoms with Gasteiger partial charge in [0, 0.05) is 41.5 Å². The first-order valence-electron chi connectivity index (χ1n) is 0.901. The fourth-order valence-corrected chi connectivity index (χ4v) is 0. The summed E-state index contributed by atoms with van der Waals surface area (Å²) in [5, 5.41) is 0. The standard InChI is InChI=1S/C3H3O.Pd.Pt/c1-2-3-4;;/h2H,1H2;;/q-1;;. The number of rotatable bonds is 1. The molecule has 1 nitrogen and oxygen atoms in total. The van der Waals surface area contributed by atoms with Crippen molar-refractivity contribution in [3.05, 3.63) is 12.7 Å². The van der Waals surface area contributed by atoms with E-state index in [1.165, 1.54) is 6.29 Å². The average molecular weight is 357 g/mol. The molecule has 6 heavy (non-hydrogen) atoms. The van der Waals surface area contributed by atoms with Crippen LogP contribution in [0.5, 0.6) is 0 Å². The van der Waals surface area contributed by atoms with E-state index in [0.29, 0.717) is 0 Å². The van der Waals surface area contributed by atoms with Crippen molar-refractivity contribution in [2.75, 3.05) is 0 Å². The van der Waals surface area contributed by atoms with Crippen LogP contribution in [-0.4, -0.2) is 6.29 Å². The largest absolute Gasteiger partial charge is 0.419 e. The van der Waals surface area contributed by atoms with E-state index in [0.717, 1.165) is 6.08 Å². The van der Waals surface area contributed by atoms with Crippen molar-refractivity contribution in [3.63, 3.8) is 0 Å². The monoisotopic (exact) mass is 356 g/mol. The molecule has 0 aromatic rings. The Morgan fingerprint density at radius 3 is 1.83 bits per heavy atom. The predicted octanol–water partition coefficient (Wildman–Crippen LogP) is 0.277. The molecule has 0 spiro atoms. The van der Waals surface area contributed by atoms with Gasteiger partial charge in [0.15, 0.2) is 0 Å². The van der Waals surface area contributed by atoms with Gasteiger partial charge in [-0.1, -0.05) is 0 Å². The van der Waals surface area contributed by atoms with Gasteiger partial charge in [0.25, 0.3) is 0 Å². The first-order chi connectivity index (χ1) is 1.91. The van der Waals surface area contributed by atoms with E-state index in [1.54, 1.807) is 0 Å². The normalized spacial score (nSPS) is 3.33. The molecule has 0 rings (SSSR count). The van der Waals surface area contributed by atoms with E-state index in [1.807, 2.05) is 0 Å². The van der Waals surface area contributed by atoms with Gasteiger partial charge >= 0.3 is 0 Å². The van der Waals surface area contributed by atoms with Crippen molar-refractivity contribution in [1.29, 1.82) is 0 Å². The Balaban J connectivity index is -0.0000000450. The summed E-state index contributed by atoms with van der Waals surface area (Å²) in [7, 11) is 0. The van der Waals surface area contributed by atoms with Crippen molar-refractivity contribution >= 4 is 6.29 Å². The third-order valence-corrected chi connectivity index (χ3v) is 0.0833. The van der Waals surface area contributed by atoms with Gasteiger partial charge in [0.2, 0.25) is 0 Å². The molecular weight excluding hydrogens is 354 g/mol. The Hall–Kier alpha value is 0.761. The van der Waals surface area contributed by atoms with Gasteiger partial charge in [-0.05, 0) is 6.29 Å². The van der Waals surface area contributed by atoms with Crippen LogP contribution in [0.1, 0.15) is 0 Å². The van der Waals surface area contributed by atoms with Crippen molar-refractivity contribution in [1.82, 2.24) is 0 Å². The minimum atomic E-state index is 0. The summed E-state index contributed by atoms with van der Waals surface area (Å²) in [5.41, 5.74) is 0. The van der Waals surface area contributed by atoms with Crippen LogP contribution in [0.15, 0.2) is 12.7 Å². The predicted molar refractivity (Wildman–Crippen MR) is 15.9 cm³/mol. The van der Waals surface area contributed by atoms with Crippen LogP contribution in [-0.2, 0) is 46.3 Å². The van der Waals surface area contributed by atoms with E-state index in [9.17, 15) is 0 Å². The van der Waals surface area contributed by atoms with E-state index in [2.05, 4.69) is 6.58 Å². The van der Waals surface area contributed by atoms with Gasteiger partial charge in [-0.15, -0.1) is 0 Å². The van der Waals surface area contributed by atoms with Gasteiger partial charge in [-0.25, -0.2) is 12.7 Å². The second-order valence-corrected chi connectivity index (χ2v) is 0.322. The first kappa shape index (κ1) is 15.9. The molecule has 0 aromatic carbocycles. The minimum absolute atomic E-state index is 0. The summed E-state index contributed by atoms with van der Waals surface area (Å²) in [6.07, 6.45) is 2.51. The maximum atomic E-state index is 8.93. The molecule has 0 N–H and O–H groups in total. The maximum Gasteiger partial charge on any atom is 0 e. The van der Waals surface area contributed by atoms with Crippen molar-refractivity contribution in [3.8, 4) is 0 Å². The summed E-state index contributed by atoms with van der Waals surface area (Å²) in [6.45, 7) is 3.06. The molecule has 0 amide bonds. The zero-order chi connectivity index (χ0) is 3.41. The van der Waals surface area contributed by atoms with Crippen LogP contribution in [0.4, 0.5) is 0 Å². The van der Waals surface area contributed by atoms with Crippen LogP contribution in [0.2, 0.25) is 0 Å². The molecule has 3 heteroatoms. The summed E-state index contributed by atoms with van der Waals surface area (Å²) < 4.78 is 0. The first-order valence-corrected chi connectivity index (χ1v) is 0.901. The van der Waals surface area contributed by atoms with Gasteiger partial charge in [0.1, 0.15) is 0 Å². The summed E-state index contributed by atoms with van der Waals surface area (Å²) in [6, 6.07) is 0.